The van der Waals surface area contributed by atoms with Crippen LogP contribution >= 0.6 is 0 Å². The van der Waals surface area contributed by atoms with E-state index in [-0.39, 0.29) is 19.1 Å². The summed E-state index contributed by atoms with van der Waals surface area (Å²) in [5, 5.41) is 13.8. The lowest BCUT2D eigenvalue weighted by atomic mass is 9.95. The zero-order valence-electron chi connectivity index (χ0n) is 12.1. The predicted octanol–water partition coefficient (Wildman–Crippen LogP) is -0.447. The summed E-state index contributed by atoms with van der Waals surface area (Å²) in [5.74, 6) is 0.140. The van der Waals surface area contributed by atoms with Crippen LogP contribution in [0.25, 0.3) is 0 Å². The smallest absolute Gasteiger partial charge is 0.321 e. The summed E-state index contributed by atoms with van der Waals surface area (Å²) >= 11 is 0. The molecule has 1 heterocycles. The number of amides is 3. The number of hydrogen-bond donors (Lipinski definition) is 3. The van der Waals surface area contributed by atoms with Gasteiger partial charge in [0.25, 0.3) is 0 Å². The Morgan fingerprint density at radius 1 is 1.45 bits per heavy atom. The summed E-state index contributed by atoms with van der Waals surface area (Å²) in [5.41, 5.74) is 0. The Kier molecular flexibility index (Phi) is 8.17. The Hall–Kier alpha value is -1.18. The Bertz CT molecular complexity index is 310. The van der Waals surface area contributed by atoms with E-state index in [0.717, 1.165) is 32.4 Å². The minimum absolute atomic E-state index is 0.187. The Morgan fingerprint density at radius 3 is 2.95 bits per heavy atom. The van der Waals surface area contributed by atoms with Gasteiger partial charge in [-0.2, -0.15) is 0 Å². The summed E-state index contributed by atoms with van der Waals surface area (Å²) in [4.78, 5) is 25.1. The number of ether oxygens (including phenoxy) is 1. The molecule has 1 aliphatic heterocycles. The molecule has 1 saturated heterocycles. The van der Waals surface area contributed by atoms with Crippen LogP contribution in [0.1, 0.15) is 19.3 Å². The molecular weight excluding hydrogens is 262 g/mol. The van der Waals surface area contributed by atoms with Gasteiger partial charge >= 0.3 is 6.03 Å². The van der Waals surface area contributed by atoms with Crippen molar-refractivity contribution in [1.29, 1.82) is 0 Å². The minimum atomic E-state index is -0.490. The van der Waals surface area contributed by atoms with Crippen LogP contribution in [-0.2, 0) is 9.53 Å². The molecule has 0 aromatic carbocycles. The number of carbonyl (C=O) groups is 2. The Morgan fingerprint density at radius 2 is 2.25 bits per heavy atom. The lowest BCUT2D eigenvalue weighted by molar-refractivity contribution is -0.121. The summed E-state index contributed by atoms with van der Waals surface area (Å²) in [6.45, 7) is 2.86. The number of rotatable bonds is 7. The SMILES string of the molecule is COCCNC(=O)NC(=O)CN1CCCC(CCO)C1. The Balaban J connectivity index is 2.22. The number of nitrogens with zero attached hydrogens (tertiary/aromatic N) is 1. The average Bonchev–Trinajstić information content (AvgIpc) is 2.39. The lowest BCUT2D eigenvalue weighted by Gasteiger charge is -2.31. The third kappa shape index (κ3) is 6.83. The Labute approximate surface area is 119 Å². The highest BCUT2D eigenvalue weighted by atomic mass is 16.5. The number of piperidine rings is 1. The molecule has 0 saturated carbocycles. The summed E-state index contributed by atoms with van der Waals surface area (Å²) < 4.78 is 4.80. The number of likely N-dealkylation sites (tertiary alicyclic amines) is 1. The molecule has 0 aromatic rings. The number of imide groups is 1. The molecule has 3 amide bonds. The standard InChI is InChI=1S/C13H25N3O4/c1-20-8-5-14-13(19)15-12(18)10-16-6-2-3-11(9-16)4-7-17/h11,17H,2-10H2,1H3,(H2,14,15,18,19). The largest absolute Gasteiger partial charge is 0.396 e. The number of urea groups is 1. The molecule has 3 N–H and O–H groups in total. The van der Waals surface area contributed by atoms with E-state index in [4.69, 9.17) is 9.84 Å². The van der Waals surface area contributed by atoms with Crippen molar-refractivity contribution >= 4 is 11.9 Å². The second kappa shape index (κ2) is 9.68. The van der Waals surface area contributed by atoms with E-state index in [9.17, 15) is 9.59 Å². The molecule has 0 radical (unpaired) electrons. The molecule has 1 aliphatic rings. The molecule has 116 valence electrons. The predicted molar refractivity (Wildman–Crippen MR) is 74.3 cm³/mol. The first-order chi connectivity index (χ1) is 9.65. The normalized spacial score (nSPS) is 19.6. The van der Waals surface area contributed by atoms with Gasteiger partial charge in [0.2, 0.25) is 5.91 Å². The topological polar surface area (TPSA) is 90.9 Å². The van der Waals surface area contributed by atoms with Gasteiger partial charge in [0, 0.05) is 26.8 Å². The van der Waals surface area contributed by atoms with Crippen molar-refractivity contribution in [2.24, 2.45) is 5.92 Å². The van der Waals surface area contributed by atoms with Crippen LogP contribution in [0.15, 0.2) is 0 Å². The van der Waals surface area contributed by atoms with Gasteiger partial charge in [-0.3, -0.25) is 15.0 Å². The number of nitrogens with one attached hydrogen (secondary N) is 2. The molecule has 1 unspecified atom stereocenters. The van der Waals surface area contributed by atoms with E-state index in [2.05, 4.69) is 10.6 Å². The second-order valence-electron chi connectivity index (χ2n) is 5.05. The maximum Gasteiger partial charge on any atom is 0.321 e. The van der Waals surface area contributed by atoms with E-state index < -0.39 is 6.03 Å². The van der Waals surface area contributed by atoms with Gasteiger partial charge < -0.3 is 15.2 Å². The summed E-state index contributed by atoms with van der Waals surface area (Å²) in [6, 6.07) is -0.490. The van der Waals surface area contributed by atoms with Crippen molar-refractivity contribution < 1.29 is 19.4 Å². The van der Waals surface area contributed by atoms with Crippen molar-refractivity contribution in [1.82, 2.24) is 15.5 Å². The van der Waals surface area contributed by atoms with Crippen molar-refractivity contribution in [3.05, 3.63) is 0 Å². The summed E-state index contributed by atoms with van der Waals surface area (Å²) in [6.07, 6.45) is 2.89. The molecule has 0 aromatic heterocycles. The first kappa shape index (κ1) is 16.9. The van der Waals surface area contributed by atoms with Gasteiger partial charge in [0.1, 0.15) is 0 Å². The molecule has 1 fully saturated rings. The fourth-order valence-electron chi connectivity index (χ4n) is 2.39. The van der Waals surface area contributed by atoms with E-state index in [1.54, 1.807) is 7.11 Å². The van der Waals surface area contributed by atoms with Gasteiger partial charge in [-0.05, 0) is 31.7 Å². The number of carbonyl (C=O) groups excluding carboxylic acids is 2. The highest BCUT2D eigenvalue weighted by Crippen LogP contribution is 2.18. The van der Waals surface area contributed by atoms with Crippen molar-refractivity contribution in [3.8, 4) is 0 Å². The van der Waals surface area contributed by atoms with Crippen molar-refractivity contribution in [2.45, 2.75) is 19.3 Å². The van der Waals surface area contributed by atoms with Gasteiger partial charge in [0.05, 0.1) is 13.2 Å². The molecule has 1 atom stereocenters. The fourth-order valence-corrected chi connectivity index (χ4v) is 2.39. The van der Waals surface area contributed by atoms with Crippen LogP contribution in [0, 0.1) is 5.92 Å². The third-order valence-corrected chi connectivity index (χ3v) is 3.35. The van der Waals surface area contributed by atoms with Crippen LogP contribution in [0.5, 0.6) is 0 Å². The van der Waals surface area contributed by atoms with Gasteiger partial charge in [-0.15, -0.1) is 0 Å². The monoisotopic (exact) mass is 287 g/mol. The molecule has 1 rings (SSSR count). The van der Waals surface area contributed by atoms with Crippen LogP contribution in [0.4, 0.5) is 4.79 Å². The van der Waals surface area contributed by atoms with E-state index in [1.807, 2.05) is 4.90 Å². The molecule has 0 bridgehead atoms. The number of methoxy groups -OCH3 is 1. The zero-order valence-corrected chi connectivity index (χ0v) is 12.1. The van der Waals surface area contributed by atoms with E-state index in [0.29, 0.717) is 19.1 Å². The lowest BCUT2D eigenvalue weighted by Crippen LogP contribution is -2.47. The minimum Gasteiger partial charge on any atom is -0.396 e. The van der Waals surface area contributed by atoms with Crippen LogP contribution < -0.4 is 10.6 Å². The molecule has 0 aliphatic carbocycles. The molecule has 20 heavy (non-hydrogen) atoms. The third-order valence-electron chi connectivity index (χ3n) is 3.35. The van der Waals surface area contributed by atoms with E-state index in [1.165, 1.54) is 0 Å². The zero-order chi connectivity index (χ0) is 14.8. The fraction of sp³-hybridized carbons (Fsp3) is 0.846. The first-order valence-electron chi connectivity index (χ1n) is 7.05. The highest BCUT2D eigenvalue weighted by molar-refractivity contribution is 5.95. The second-order valence-corrected chi connectivity index (χ2v) is 5.05. The maximum absolute atomic E-state index is 11.7. The maximum atomic E-state index is 11.7. The van der Waals surface area contributed by atoms with Gasteiger partial charge in [-0.1, -0.05) is 0 Å². The van der Waals surface area contributed by atoms with E-state index >= 15 is 0 Å². The molecule has 7 heteroatoms. The number of hydrogen-bond acceptors (Lipinski definition) is 5. The van der Waals surface area contributed by atoms with Crippen LogP contribution in [-0.4, -0.2) is 68.4 Å². The van der Waals surface area contributed by atoms with Crippen molar-refractivity contribution in [3.63, 3.8) is 0 Å². The molecule has 0 spiro atoms. The van der Waals surface area contributed by atoms with Crippen molar-refractivity contribution in [2.75, 3.05) is 46.5 Å². The van der Waals surface area contributed by atoms with Crippen LogP contribution in [0.2, 0.25) is 0 Å². The average molecular weight is 287 g/mol. The number of aliphatic hydroxyl groups is 1. The molecular formula is C13H25N3O4. The van der Waals surface area contributed by atoms with Gasteiger partial charge in [-0.25, -0.2) is 4.79 Å². The highest BCUT2D eigenvalue weighted by Gasteiger charge is 2.21. The van der Waals surface area contributed by atoms with Crippen LogP contribution in [0.3, 0.4) is 0 Å². The molecule has 7 nitrogen and oxygen atoms in total. The summed E-state index contributed by atoms with van der Waals surface area (Å²) in [7, 11) is 1.55. The number of aliphatic hydroxyl groups excluding tert-OH is 1. The van der Waals surface area contributed by atoms with Gasteiger partial charge in [0.15, 0.2) is 0 Å². The first-order valence-corrected chi connectivity index (χ1v) is 7.05. The quantitative estimate of drug-likeness (QED) is 0.552.